The van der Waals surface area contributed by atoms with Crippen LogP contribution in [-0.4, -0.2) is 45.9 Å². The van der Waals surface area contributed by atoms with Crippen LogP contribution >= 0.6 is 0 Å². The van der Waals surface area contributed by atoms with E-state index in [2.05, 4.69) is 5.10 Å². The largest absolute Gasteiger partial charge is 0.393 e. The van der Waals surface area contributed by atoms with Crippen molar-refractivity contribution in [3.8, 4) is 0 Å². The number of hydrogen-bond acceptors (Lipinski definition) is 4. The molecule has 0 aliphatic heterocycles. The summed E-state index contributed by atoms with van der Waals surface area (Å²) < 4.78 is 1.80. The van der Waals surface area contributed by atoms with E-state index in [-0.39, 0.29) is 12.0 Å². The van der Waals surface area contributed by atoms with Crippen molar-refractivity contribution >= 4 is 5.91 Å². The van der Waals surface area contributed by atoms with Crippen molar-refractivity contribution in [1.82, 2.24) is 14.7 Å². The summed E-state index contributed by atoms with van der Waals surface area (Å²) >= 11 is 0. The van der Waals surface area contributed by atoms with Gasteiger partial charge in [-0.3, -0.25) is 9.48 Å². The van der Waals surface area contributed by atoms with Crippen LogP contribution in [0.15, 0.2) is 6.07 Å². The fraction of sp³-hybridized carbons (Fsp3) is 0.667. The second-order valence-electron chi connectivity index (χ2n) is 5.10. The lowest BCUT2D eigenvalue weighted by Gasteiger charge is -2.31. The number of hydrogen-bond donors (Lipinski definition) is 2. The summed E-state index contributed by atoms with van der Waals surface area (Å²) in [6, 6.07) is 1.75. The van der Waals surface area contributed by atoms with E-state index in [0.717, 1.165) is 25.1 Å². The average molecular weight is 252 g/mol. The Kier molecular flexibility index (Phi) is 3.68. The Morgan fingerprint density at radius 1 is 1.61 bits per heavy atom. The molecule has 100 valence electrons. The van der Waals surface area contributed by atoms with Gasteiger partial charge in [-0.1, -0.05) is 0 Å². The van der Waals surface area contributed by atoms with Gasteiger partial charge in [0, 0.05) is 27.2 Å². The van der Waals surface area contributed by atoms with Crippen LogP contribution < -0.4 is 5.73 Å². The maximum Gasteiger partial charge on any atom is 0.273 e. The van der Waals surface area contributed by atoms with Gasteiger partial charge in [0.15, 0.2) is 5.69 Å². The molecule has 0 spiro atoms. The van der Waals surface area contributed by atoms with Crippen LogP contribution in [0, 0.1) is 5.92 Å². The second kappa shape index (κ2) is 5.07. The van der Waals surface area contributed by atoms with Crippen molar-refractivity contribution in [1.29, 1.82) is 0 Å². The number of nitrogens with two attached hydrogens (primary N) is 1. The van der Waals surface area contributed by atoms with E-state index in [4.69, 9.17) is 5.73 Å². The molecule has 0 radical (unpaired) electrons. The zero-order valence-electron chi connectivity index (χ0n) is 10.8. The molecule has 0 unspecified atom stereocenters. The molecule has 3 N–H and O–H groups in total. The van der Waals surface area contributed by atoms with Crippen LogP contribution in [0.2, 0.25) is 0 Å². The molecule has 6 heteroatoms. The van der Waals surface area contributed by atoms with Gasteiger partial charge in [0.25, 0.3) is 5.91 Å². The first-order valence-corrected chi connectivity index (χ1v) is 6.17. The highest BCUT2D eigenvalue weighted by Gasteiger charge is 2.28. The third kappa shape index (κ3) is 2.54. The summed E-state index contributed by atoms with van der Waals surface area (Å²) in [5.74, 6) is 0.324. The first-order chi connectivity index (χ1) is 8.51. The van der Waals surface area contributed by atoms with Gasteiger partial charge >= 0.3 is 0 Å². The zero-order valence-corrected chi connectivity index (χ0v) is 10.8. The topological polar surface area (TPSA) is 84.4 Å². The molecule has 2 rings (SSSR count). The monoisotopic (exact) mass is 252 g/mol. The molecule has 1 aliphatic rings. The molecule has 0 saturated heterocycles. The minimum atomic E-state index is -0.172. The third-order valence-electron chi connectivity index (χ3n) is 3.34. The maximum atomic E-state index is 11.8. The highest BCUT2D eigenvalue weighted by atomic mass is 16.3. The lowest BCUT2D eigenvalue weighted by Crippen LogP contribution is -2.32. The molecule has 18 heavy (non-hydrogen) atoms. The fourth-order valence-electron chi connectivity index (χ4n) is 2.21. The van der Waals surface area contributed by atoms with E-state index in [0.29, 0.717) is 18.2 Å². The van der Waals surface area contributed by atoms with Crippen molar-refractivity contribution in [3.63, 3.8) is 0 Å². The van der Waals surface area contributed by atoms with Gasteiger partial charge in [0.2, 0.25) is 0 Å². The van der Waals surface area contributed by atoms with E-state index in [1.807, 2.05) is 0 Å². The van der Waals surface area contributed by atoms with Crippen LogP contribution in [-0.2, 0) is 13.1 Å². The fourth-order valence-corrected chi connectivity index (χ4v) is 2.21. The predicted octanol–water partition coefficient (Wildman–Crippen LogP) is -0.186. The van der Waals surface area contributed by atoms with Gasteiger partial charge in [-0.25, -0.2) is 0 Å². The van der Waals surface area contributed by atoms with Crippen LogP contribution in [0.4, 0.5) is 0 Å². The Labute approximate surface area is 106 Å². The van der Waals surface area contributed by atoms with E-state index in [9.17, 15) is 9.90 Å². The molecule has 1 aromatic heterocycles. The normalized spacial score (nSPS) is 22.7. The van der Waals surface area contributed by atoms with Gasteiger partial charge in [-0.2, -0.15) is 5.10 Å². The molecule has 0 atom stereocenters. The quantitative estimate of drug-likeness (QED) is 0.778. The van der Waals surface area contributed by atoms with E-state index in [1.54, 1.807) is 24.8 Å². The van der Waals surface area contributed by atoms with Gasteiger partial charge in [0.1, 0.15) is 0 Å². The molecular formula is C12H20N4O2. The van der Waals surface area contributed by atoms with Gasteiger partial charge < -0.3 is 15.7 Å². The molecular weight excluding hydrogens is 232 g/mol. The standard InChI is InChI=1S/C12H20N4O2/c1-15(2)12(18)11-5-9(6-13)16(14-11)7-8-3-10(17)4-8/h5,8,10,17H,3-4,6-7,13H2,1-2H3. The third-order valence-corrected chi connectivity index (χ3v) is 3.34. The summed E-state index contributed by atoms with van der Waals surface area (Å²) in [5.41, 5.74) is 6.96. The van der Waals surface area contributed by atoms with Crippen LogP contribution in [0.3, 0.4) is 0 Å². The molecule has 1 fully saturated rings. The van der Waals surface area contributed by atoms with Gasteiger partial charge in [0.05, 0.1) is 11.8 Å². The summed E-state index contributed by atoms with van der Waals surface area (Å²) in [6.07, 6.45) is 1.44. The average Bonchev–Trinajstić information content (AvgIpc) is 2.69. The second-order valence-corrected chi connectivity index (χ2v) is 5.10. The highest BCUT2D eigenvalue weighted by molar-refractivity contribution is 5.92. The van der Waals surface area contributed by atoms with Crippen molar-refractivity contribution in [3.05, 3.63) is 17.5 Å². The van der Waals surface area contributed by atoms with Gasteiger partial charge in [-0.15, -0.1) is 0 Å². The van der Waals surface area contributed by atoms with Gasteiger partial charge in [-0.05, 0) is 24.8 Å². The molecule has 1 aromatic rings. The number of amides is 1. The number of carbonyl (C=O) groups excluding carboxylic acids is 1. The van der Waals surface area contributed by atoms with E-state index in [1.165, 1.54) is 4.90 Å². The molecule has 1 heterocycles. The van der Waals surface area contributed by atoms with Crippen LogP contribution in [0.1, 0.15) is 29.0 Å². The summed E-state index contributed by atoms with van der Waals surface area (Å²) in [4.78, 5) is 13.3. The number of carbonyl (C=O) groups is 1. The first kappa shape index (κ1) is 13.0. The van der Waals surface area contributed by atoms with Crippen molar-refractivity contribution < 1.29 is 9.90 Å². The molecule has 0 bridgehead atoms. The SMILES string of the molecule is CN(C)C(=O)c1cc(CN)n(CC2CC(O)C2)n1. The lowest BCUT2D eigenvalue weighted by molar-refractivity contribution is 0.0331. The number of aliphatic hydroxyl groups is 1. The minimum Gasteiger partial charge on any atom is -0.393 e. The lowest BCUT2D eigenvalue weighted by atomic mass is 9.82. The highest BCUT2D eigenvalue weighted by Crippen LogP contribution is 2.28. The maximum absolute atomic E-state index is 11.8. The molecule has 1 amide bonds. The van der Waals surface area contributed by atoms with E-state index < -0.39 is 0 Å². The van der Waals surface area contributed by atoms with E-state index >= 15 is 0 Å². The Bertz CT molecular complexity index is 435. The van der Waals surface area contributed by atoms with Crippen molar-refractivity contribution in [2.75, 3.05) is 14.1 Å². The number of aromatic nitrogens is 2. The van der Waals surface area contributed by atoms with Crippen molar-refractivity contribution in [2.24, 2.45) is 11.7 Å². The summed E-state index contributed by atoms with van der Waals surface area (Å²) in [6.45, 7) is 1.09. The molecule has 0 aromatic carbocycles. The molecule has 1 saturated carbocycles. The predicted molar refractivity (Wildman–Crippen MR) is 66.9 cm³/mol. The Morgan fingerprint density at radius 2 is 2.28 bits per heavy atom. The summed E-state index contributed by atoms with van der Waals surface area (Å²) in [7, 11) is 3.40. The van der Waals surface area contributed by atoms with Crippen LogP contribution in [0.25, 0.3) is 0 Å². The zero-order chi connectivity index (χ0) is 13.3. The Balaban J connectivity index is 2.11. The smallest absolute Gasteiger partial charge is 0.273 e. The first-order valence-electron chi connectivity index (χ1n) is 6.17. The summed E-state index contributed by atoms with van der Waals surface area (Å²) in [5, 5.41) is 13.6. The Hall–Kier alpha value is -1.40. The number of rotatable bonds is 4. The van der Waals surface area contributed by atoms with Crippen molar-refractivity contribution in [2.45, 2.75) is 32.0 Å². The molecule has 1 aliphatic carbocycles. The molecule has 6 nitrogen and oxygen atoms in total. The number of nitrogens with zero attached hydrogens (tertiary/aromatic N) is 3. The number of aliphatic hydroxyl groups excluding tert-OH is 1. The minimum absolute atomic E-state index is 0.114. The van der Waals surface area contributed by atoms with Crippen LogP contribution in [0.5, 0.6) is 0 Å². The Morgan fingerprint density at radius 3 is 2.78 bits per heavy atom.